The fraction of sp³-hybridized carbons (Fsp3) is 0.400. The quantitative estimate of drug-likeness (QED) is 0.878. The van der Waals surface area contributed by atoms with Crippen molar-refractivity contribution in [3.63, 3.8) is 0 Å². The molecule has 1 aromatic rings. The van der Waals surface area contributed by atoms with Crippen molar-refractivity contribution >= 4 is 21.4 Å². The maximum atomic E-state index is 11.9. The molecule has 0 spiro atoms. The normalized spacial score (nSPS) is 21.0. The van der Waals surface area contributed by atoms with Gasteiger partial charge in [-0.25, -0.2) is 8.42 Å². The molecule has 1 fully saturated rings. The van der Waals surface area contributed by atoms with Crippen molar-refractivity contribution in [3.8, 4) is 0 Å². The van der Waals surface area contributed by atoms with E-state index in [9.17, 15) is 8.42 Å². The van der Waals surface area contributed by atoms with Crippen molar-refractivity contribution in [2.75, 3.05) is 12.3 Å². The lowest BCUT2D eigenvalue weighted by Crippen LogP contribution is -2.47. The van der Waals surface area contributed by atoms with E-state index in [4.69, 9.17) is 11.6 Å². The largest absolute Gasteiger partial charge is 0.313 e. The van der Waals surface area contributed by atoms with E-state index in [0.29, 0.717) is 9.92 Å². The average Bonchev–Trinajstić information content (AvgIpc) is 2.12. The fourth-order valence-corrected chi connectivity index (χ4v) is 3.37. The first-order chi connectivity index (χ1) is 7.08. The van der Waals surface area contributed by atoms with Crippen LogP contribution in [0.1, 0.15) is 6.42 Å². The van der Waals surface area contributed by atoms with Gasteiger partial charge in [0, 0.05) is 11.1 Å². The first kappa shape index (κ1) is 10.9. The van der Waals surface area contributed by atoms with E-state index in [2.05, 4.69) is 5.32 Å². The predicted octanol–water partition coefficient (Wildman–Crippen LogP) is 1.48. The smallest absolute Gasteiger partial charge is 0.179 e. The lowest BCUT2D eigenvalue weighted by atomic mass is 10.1. The highest BCUT2D eigenvalue weighted by molar-refractivity contribution is 7.91. The van der Waals surface area contributed by atoms with Gasteiger partial charge in [0.1, 0.15) is 0 Å². The molecule has 0 aliphatic carbocycles. The van der Waals surface area contributed by atoms with Crippen molar-refractivity contribution in [1.82, 2.24) is 5.32 Å². The number of benzene rings is 1. The maximum Gasteiger partial charge on any atom is 0.179 e. The van der Waals surface area contributed by atoms with Crippen LogP contribution in [0.15, 0.2) is 29.2 Å². The Bertz CT molecular complexity index is 454. The summed E-state index contributed by atoms with van der Waals surface area (Å²) in [6.07, 6.45) is 0.930. The molecule has 2 rings (SSSR count). The van der Waals surface area contributed by atoms with E-state index in [1.165, 1.54) is 6.07 Å². The van der Waals surface area contributed by atoms with Crippen LogP contribution in [-0.4, -0.2) is 26.8 Å². The van der Waals surface area contributed by atoms with Gasteiger partial charge < -0.3 is 5.32 Å². The number of halogens is 1. The highest BCUT2D eigenvalue weighted by atomic mass is 35.5. The third-order valence-electron chi connectivity index (χ3n) is 2.50. The predicted molar refractivity (Wildman–Crippen MR) is 59.9 cm³/mol. The molecule has 0 aromatic heterocycles. The molecule has 0 saturated carbocycles. The monoisotopic (exact) mass is 245 g/mol. The van der Waals surface area contributed by atoms with Crippen LogP contribution in [0.4, 0.5) is 0 Å². The molecule has 0 amide bonds. The lowest BCUT2D eigenvalue weighted by Gasteiger charge is -2.27. The second-order valence-electron chi connectivity index (χ2n) is 3.68. The van der Waals surface area contributed by atoms with Crippen LogP contribution in [0.25, 0.3) is 0 Å². The van der Waals surface area contributed by atoms with E-state index in [1.807, 2.05) is 0 Å². The first-order valence-corrected chi connectivity index (χ1v) is 6.83. The zero-order valence-corrected chi connectivity index (χ0v) is 9.68. The summed E-state index contributed by atoms with van der Waals surface area (Å²) in [6.45, 7) is 0.912. The highest BCUT2D eigenvalue weighted by Crippen LogP contribution is 2.18. The summed E-state index contributed by atoms with van der Waals surface area (Å²) >= 11 is 5.76. The van der Waals surface area contributed by atoms with Gasteiger partial charge >= 0.3 is 0 Å². The standard InChI is InChI=1S/C10H12ClNO2S/c11-8-2-1-3-10(6-8)15(13,14)7-9-4-5-12-9/h1-3,6,9,12H,4-5,7H2. The van der Waals surface area contributed by atoms with Gasteiger partial charge in [-0.1, -0.05) is 17.7 Å². The van der Waals surface area contributed by atoms with E-state index in [-0.39, 0.29) is 11.8 Å². The van der Waals surface area contributed by atoms with Gasteiger partial charge in [0.15, 0.2) is 9.84 Å². The molecule has 1 aromatic carbocycles. The van der Waals surface area contributed by atoms with Gasteiger partial charge in [-0.15, -0.1) is 0 Å². The molecule has 1 aliphatic heterocycles. The Hall–Kier alpha value is -0.580. The van der Waals surface area contributed by atoms with E-state index < -0.39 is 9.84 Å². The third-order valence-corrected chi connectivity index (χ3v) is 4.55. The molecule has 1 unspecified atom stereocenters. The Morgan fingerprint density at radius 1 is 1.47 bits per heavy atom. The zero-order chi connectivity index (χ0) is 10.9. The number of rotatable bonds is 3. The molecule has 0 radical (unpaired) electrons. The van der Waals surface area contributed by atoms with Crippen molar-refractivity contribution in [1.29, 1.82) is 0 Å². The fourth-order valence-electron chi connectivity index (χ4n) is 1.51. The summed E-state index contributed by atoms with van der Waals surface area (Å²) in [5.41, 5.74) is 0. The molecular formula is C10H12ClNO2S. The molecule has 0 bridgehead atoms. The molecule has 1 aliphatic rings. The number of sulfone groups is 1. The van der Waals surface area contributed by atoms with Crippen LogP contribution in [-0.2, 0) is 9.84 Å². The van der Waals surface area contributed by atoms with Crippen molar-refractivity contribution < 1.29 is 8.42 Å². The minimum atomic E-state index is -3.19. The first-order valence-electron chi connectivity index (χ1n) is 4.80. The van der Waals surface area contributed by atoms with Crippen LogP contribution < -0.4 is 5.32 Å². The van der Waals surface area contributed by atoms with Crippen molar-refractivity contribution in [2.45, 2.75) is 17.4 Å². The van der Waals surface area contributed by atoms with E-state index >= 15 is 0 Å². The maximum absolute atomic E-state index is 11.9. The van der Waals surface area contributed by atoms with Gasteiger partial charge in [-0.3, -0.25) is 0 Å². The topological polar surface area (TPSA) is 46.2 Å². The third kappa shape index (κ3) is 2.51. The Labute approximate surface area is 94.4 Å². The van der Waals surface area contributed by atoms with E-state index in [1.54, 1.807) is 18.2 Å². The highest BCUT2D eigenvalue weighted by Gasteiger charge is 2.25. The number of hydrogen-bond acceptors (Lipinski definition) is 3. The summed E-state index contributed by atoms with van der Waals surface area (Å²) in [5, 5.41) is 3.53. The SMILES string of the molecule is O=S(=O)(CC1CCN1)c1cccc(Cl)c1. The number of hydrogen-bond donors (Lipinski definition) is 1. The van der Waals surface area contributed by atoms with Crippen LogP contribution in [0.3, 0.4) is 0 Å². The summed E-state index contributed by atoms with van der Waals surface area (Å²) in [5.74, 6) is 0.160. The summed E-state index contributed by atoms with van der Waals surface area (Å²) < 4.78 is 23.8. The van der Waals surface area contributed by atoms with E-state index in [0.717, 1.165) is 13.0 Å². The van der Waals surface area contributed by atoms with Crippen LogP contribution in [0.2, 0.25) is 5.02 Å². The molecule has 1 saturated heterocycles. The Morgan fingerprint density at radius 3 is 2.73 bits per heavy atom. The Kier molecular flexibility index (Phi) is 3.00. The summed E-state index contributed by atoms with van der Waals surface area (Å²) in [7, 11) is -3.19. The molecule has 1 atom stereocenters. The molecule has 1 N–H and O–H groups in total. The van der Waals surface area contributed by atoms with Gasteiger partial charge in [-0.2, -0.15) is 0 Å². The van der Waals surface area contributed by atoms with Crippen LogP contribution >= 0.6 is 11.6 Å². The molecule has 3 nitrogen and oxygen atoms in total. The summed E-state index contributed by atoms with van der Waals surface area (Å²) in [4.78, 5) is 0.309. The zero-order valence-electron chi connectivity index (χ0n) is 8.11. The van der Waals surface area contributed by atoms with Gasteiger partial charge in [0.2, 0.25) is 0 Å². The van der Waals surface area contributed by atoms with Gasteiger partial charge in [0.25, 0.3) is 0 Å². The molecule has 5 heteroatoms. The van der Waals surface area contributed by atoms with Crippen molar-refractivity contribution in [2.24, 2.45) is 0 Å². The van der Waals surface area contributed by atoms with Crippen LogP contribution in [0, 0.1) is 0 Å². The van der Waals surface area contributed by atoms with Crippen molar-refractivity contribution in [3.05, 3.63) is 29.3 Å². The van der Waals surface area contributed by atoms with Gasteiger partial charge in [0.05, 0.1) is 10.6 Å². The number of nitrogens with one attached hydrogen (secondary N) is 1. The Balaban J connectivity index is 2.20. The minimum absolute atomic E-state index is 0.106. The van der Waals surface area contributed by atoms with Crippen LogP contribution in [0.5, 0.6) is 0 Å². The molecule has 15 heavy (non-hydrogen) atoms. The second kappa shape index (κ2) is 4.12. The lowest BCUT2D eigenvalue weighted by molar-refractivity contribution is 0.399. The molecule has 1 heterocycles. The van der Waals surface area contributed by atoms with Gasteiger partial charge in [-0.05, 0) is 31.2 Å². The average molecular weight is 246 g/mol. The molecular weight excluding hydrogens is 234 g/mol. The Morgan fingerprint density at radius 2 is 2.20 bits per heavy atom. The molecule has 82 valence electrons. The minimum Gasteiger partial charge on any atom is -0.313 e. The summed E-state index contributed by atoms with van der Waals surface area (Å²) in [6, 6.07) is 6.51. The second-order valence-corrected chi connectivity index (χ2v) is 6.15.